The van der Waals surface area contributed by atoms with E-state index in [1.165, 1.54) is 17.3 Å². The van der Waals surface area contributed by atoms with Gasteiger partial charge < -0.3 is 30.5 Å². The third-order valence-corrected chi connectivity index (χ3v) is 6.82. The van der Waals surface area contributed by atoms with Crippen LogP contribution in [0.1, 0.15) is 25.0 Å². The zero-order chi connectivity index (χ0) is 30.1. The molecule has 5 rings (SSSR count). The molecule has 12 heteroatoms. The van der Waals surface area contributed by atoms with Gasteiger partial charge >= 0.3 is 5.97 Å². The van der Waals surface area contributed by atoms with Gasteiger partial charge in [0.05, 0.1) is 29.0 Å². The number of carboxylic acid groups (broad SMARTS) is 1. The Balaban J connectivity index is 0.000000262. The predicted molar refractivity (Wildman–Crippen MR) is 161 cm³/mol. The van der Waals surface area contributed by atoms with Crippen LogP contribution in [0.25, 0.3) is 10.9 Å². The van der Waals surface area contributed by atoms with Gasteiger partial charge in [0.2, 0.25) is 5.91 Å². The van der Waals surface area contributed by atoms with Gasteiger partial charge in [-0.2, -0.15) is 0 Å². The van der Waals surface area contributed by atoms with Crippen LogP contribution in [0.15, 0.2) is 73.7 Å². The van der Waals surface area contributed by atoms with E-state index in [-0.39, 0.29) is 5.91 Å². The molecule has 1 aliphatic rings. The maximum Gasteiger partial charge on any atom is 0.326 e. The number of benzene rings is 2. The van der Waals surface area contributed by atoms with E-state index in [9.17, 15) is 9.59 Å². The van der Waals surface area contributed by atoms with E-state index in [2.05, 4.69) is 26.8 Å². The van der Waals surface area contributed by atoms with Gasteiger partial charge in [-0.25, -0.2) is 14.8 Å². The molecule has 0 aliphatic carbocycles. The van der Waals surface area contributed by atoms with Crippen molar-refractivity contribution in [3.63, 3.8) is 0 Å². The lowest BCUT2D eigenvalue weighted by Crippen LogP contribution is -2.47. The number of likely N-dealkylation sites (tertiary alicyclic amines) is 1. The summed E-state index contributed by atoms with van der Waals surface area (Å²) in [5.74, 6) is 0.550. The molecular weight excluding hydrogens is 560 g/mol. The molecule has 1 unspecified atom stereocenters. The fraction of sp³-hybridized carbons (Fsp3) is 0.233. The van der Waals surface area contributed by atoms with E-state index in [0.29, 0.717) is 47.6 Å². The van der Waals surface area contributed by atoms with Gasteiger partial charge in [-0.1, -0.05) is 24.2 Å². The van der Waals surface area contributed by atoms with Gasteiger partial charge in [-0.3, -0.25) is 9.78 Å². The van der Waals surface area contributed by atoms with E-state index in [1.807, 2.05) is 24.3 Å². The number of rotatable bonds is 8. The van der Waals surface area contributed by atoms with Crippen molar-refractivity contribution in [1.82, 2.24) is 19.9 Å². The van der Waals surface area contributed by atoms with Gasteiger partial charge in [-0.15, -0.1) is 0 Å². The van der Waals surface area contributed by atoms with Crippen molar-refractivity contribution in [3.8, 4) is 11.5 Å². The largest absolute Gasteiger partial charge is 0.495 e. The summed E-state index contributed by atoms with van der Waals surface area (Å²) in [7, 11) is 1.57. The molecule has 218 valence electrons. The Morgan fingerprint density at radius 1 is 1.17 bits per heavy atom. The number of halogens is 1. The number of amides is 1. The van der Waals surface area contributed by atoms with Crippen molar-refractivity contribution in [2.24, 2.45) is 0 Å². The second-order valence-electron chi connectivity index (χ2n) is 9.30. The highest BCUT2D eigenvalue weighted by molar-refractivity contribution is 6.32. The number of hydrogen-bond acceptors (Lipinski definition) is 9. The van der Waals surface area contributed by atoms with Crippen LogP contribution in [0.3, 0.4) is 0 Å². The Morgan fingerprint density at radius 3 is 2.69 bits per heavy atom. The van der Waals surface area contributed by atoms with Gasteiger partial charge in [0.15, 0.2) is 0 Å². The Labute approximate surface area is 248 Å². The van der Waals surface area contributed by atoms with Gasteiger partial charge in [-0.05, 0) is 61.7 Å². The molecule has 4 N–H and O–H groups in total. The molecule has 11 nitrogen and oxygen atoms in total. The Hall–Kier alpha value is -4.90. The van der Waals surface area contributed by atoms with Crippen LogP contribution in [-0.2, 0) is 16.2 Å². The number of carbonyl (C=O) groups is 2. The van der Waals surface area contributed by atoms with Crippen molar-refractivity contribution in [2.75, 3.05) is 24.7 Å². The lowest BCUT2D eigenvalue weighted by atomic mass is 10.0. The number of nitrogens with one attached hydrogen (secondary N) is 1. The van der Waals surface area contributed by atoms with E-state index in [4.69, 9.17) is 31.9 Å². The van der Waals surface area contributed by atoms with Crippen molar-refractivity contribution in [1.29, 1.82) is 0 Å². The molecule has 1 saturated heterocycles. The predicted octanol–water partition coefficient (Wildman–Crippen LogP) is 5.23. The van der Waals surface area contributed by atoms with Crippen LogP contribution in [0.4, 0.5) is 17.2 Å². The lowest BCUT2D eigenvalue weighted by molar-refractivity contribution is -0.150. The smallest absolute Gasteiger partial charge is 0.326 e. The average Bonchev–Trinajstić information content (AvgIpc) is 3.01. The highest BCUT2D eigenvalue weighted by Gasteiger charge is 2.30. The van der Waals surface area contributed by atoms with Crippen LogP contribution < -0.4 is 20.5 Å². The summed E-state index contributed by atoms with van der Waals surface area (Å²) in [6.07, 6.45) is 6.67. The van der Waals surface area contributed by atoms with Crippen LogP contribution in [0.2, 0.25) is 5.02 Å². The summed E-state index contributed by atoms with van der Waals surface area (Å²) in [6.45, 7) is 4.21. The fourth-order valence-corrected chi connectivity index (χ4v) is 4.65. The molecule has 0 saturated carbocycles. The zero-order valence-corrected chi connectivity index (χ0v) is 23.8. The van der Waals surface area contributed by atoms with E-state index >= 15 is 0 Å². The minimum absolute atomic E-state index is 0.285. The van der Waals surface area contributed by atoms with E-state index < -0.39 is 12.0 Å². The molecule has 42 heavy (non-hydrogen) atoms. The minimum Gasteiger partial charge on any atom is -0.495 e. The van der Waals surface area contributed by atoms with Gasteiger partial charge in [0.1, 0.15) is 36.3 Å². The molecule has 1 amide bonds. The van der Waals surface area contributed by atoms with Gasteiger partial charge in [0, 0.05) is 29.9 Å². The monoisotopic (exact) mass is 590 g/mol. The number of piperidine rings is 1. The van der Waals surface area contributed by atoms with Crippen molar-refractivity contribution in [3.05, 3.63) is 84.4 Å². The number of anilines is 3. The lowest BCUT2D eigenvalue weighted by Gasteiger charge is -2.31. The molecule has 0 radical (unpaired) electrons. The first-order valence-corrected chi connectivity index (χ1v) is 13.5. The first kappa shape index (κ1) is 30.1. The number of aliphatic carboxylic acids is 1. The second kappa shape index (κ2) is 14.1. The Bertz CT molecular complexity index is 1570. The number of ether oxygens (including phenoxy) is 2. The summed E-state index contributed by atoms with van der Waals surface area (Å²) in [4.78, 5) is 36.2. The summed E-state index contributed by atoms with van der Waals surface area (Å²) >= 11 is 6.39. The first-order valence-electron chi connectivity index (χ1n) is 13.1. The molecule has 0 bridgehead atoms. The quantitative estimate of drug-likeness (QED) is 0.184. The standard InChI is InChI=1S/C21H18ClN5O2.C9H13NO3/c1-28-20-10-18-15(9-17(20)23)21(26-12-25-18)27-13-5-6-19(16(22)8-13)29-11-14-4-2-3-7-24-14;1-2-8(11)10-6-4-3-5-7(10)9(12)13/h2-10,12H,11,23H2,1H3,(H,25,26,27);2,7H,1,3-6H2,(H,12,13). The number of carboxylic acids is 1. The first-order chi connectivity index (χ1) is 20.3. The average molecular weight is 591 g/mol. The number of fused-ring (bicyclic) bond motifs is 1. The van der Waals surface area contributed by atoms with Gasteiger partial charge in [0.25, 0.3) is 0 Å². The Kier molecular flexibility index (Phi) is 10.1. The number of nitrogens with zero attached hydrogens (tertiary/aromatic N) is 4. The van der Waals surface area contributed by atoms with Crippen LogP contribution in [0.5, 0.6) is 11.5 Å². The molecule has 2 aromatic heterocycles. The number of pyridine rings is 1. The van der Waals surface area contributed by atoms with E-state index in [0.717, 1.165) is 35.1 Å². The van der Waals surface area contributed by atoms with E-state index in [1.54, 1.807) is 37.6 Å². The summed E-state index contributed by atoms with van der Waals surface area (Å²) in [5, 5.41) is 13.3. The second-order valence-corrected chi connectivity index (χ2v) is 9.71. The highest BCUT2D eigenvalue weighted by Crippen LogP contribution is 2.33. The molecule has 1 aliphatic heterocycles. The van der Waals surface area contributed by atoms with Crippen molar-refractivity contribution in [2.45, 2.75) is 31.9 Å². The topological polar surface area (TPSA) is 153 Å². The third kappa shape index (κ3) is 7.43. The van der Waals surface area contributed by atoms with Crippen LogP contribution in [-0.4, -0.2) is 56.5 Å². The van der Waals surface area contributed by atoms with Crippen molar-refractivity contribution >= 4 is 51.6 Å². The number of methoxy groups -OCH3 is 1. The molecule has 1 atom stereocenters. The normalized spacial score (nSPS) is 14.3. The SMILES string of the molecule is C=CC(=O)N1CCCCC1C(=O)O.COc1cc2ncnc(Nc3ccc(OCc4ccccn4)c(Cl)c3)c2cc1N. The fourth-order valence-electron chi connectivity index (χ4n) is 4.41. The minimum atomic E-state index is -0.921. The molecular formula is C30H31ClN6O5. The maximum absolute atomic E-state index is 11.2. The molecule has 2 aromatic carbocycles. The molecule has 4 aromatic rings. The van der Waals surface area contributed by atoms with Crippen LogP contribution >= 0.6 is 11.6 Å². The maximum atomic E-state index is 11.2. The molecule has 1 fully saturated rings. The number of nitrogen functional groups attached to an aromatic ring is 1. The van der Waals surface area contributed by atoms with Crippen molar-refractivity contribution < 1.29 is 24.2 Å². The number of carbonyl (C=O) groups excluding carboxylic acids is 1. The molecule has 0 spiro atoms. The summed E-state index contributed by atoms with van der Waals surface area (Å²) < 4.78 is 11.0. The summed E-state index contributed by atoms with van der Waals surface area (Å²) in [5.41, 5.74) is 8.84. The number of nitrogens with two attached hydrogens (primary N) is 1. The van der Waals surface area contributed by atoms with Crippen LogP contribution in [0, 0.1) is 0 Å². The zero-order valence-electron chi connectivity index (χ0n) is 23.0. The summed E-state index contributed by atoms with van der Waals surface area (Å²) in [6, 6.07) is 14.0. The third-order valence-electron chi connectivity index (χ3n) is 6.53. The molecule has 3 heterocycles. The highest BCUT2D eigenvalue weighted by atomic mass is 35.5. The number of hydrogen-bond donors (Lipinski definition) is 3. The number of aromatic nitrogens is 3. The Morgan fingerprint density at radius 2 is 2.00 bits per heavy atom.